The highest BCUT2D eigenvalue weighted by Gasteiger charge is 2.21. The Morgan fingerprint density at radius 1 is 0.882 bits per heavy atom. The molecule has 174 valence electrons. The molecule has 0 saturated heterocycles. The highest BCUT2D eigenvalue weighted by molar-refractivity contribution is 5.96. The van der Waals surface area contributed by atoms with Crippen molar-refractivity contribution in [2.24, 2.45) is 7.05 Å². The van der Waals surface area contributed by atoms with E-state index in [4.69, 9.17) is 4.74 Å². The van der Waals surface area contributed by atoms with Gasteiger partial charge in [0.15, 0.2) is 6.61 Å². The quantitative estimate of drug-likeness (QED) is 0.447. The van der Waals surface area contributed by atoms with Gasteiger partial charge in [0.2, 0.25) is 0 Å². The van der Waals surface area contributed by atoms with Crippen molar-refractivity contribution in [1.82, 2.24) is 13.9 Å². The van der Waals surface area contributed by atoms with Crippen molar-refractivity contribution in [3.05, 3.63) is 99.7 Å². The Hall–Kier alpha value is -4.33. The van der Waals surface area contributed by atoms with Gasteiger partial charge in [-0.25, -0.2) is 9.48 Å². The van der Waals surface area contributed by atoms with Crippen molar-refractivity contribution >= 4 is 17.6 Å². The van der Waals surface area contributed by atoms with Gasteiger partial charge in [0.05, 0.1) is 16.9 Å². The average Bonchev–Trinajstić information content (AvgIpc) is 3.25. The summed E-state index contributed by atoms with van der Waals surface area (Å²) in [5, 5.41) is 2.60. The molecule has 34 heavy (non-hydrogen) atoms. The summed E-state index contributed by atoms with van der Waals surface area (Å²) in [6, 6.07) is 20.5. The summed E-state index contributed by atoms with van der Waals surface area (Å²) in [6.45, 7) is 4.96. The van der Waals surface area contributed by atoms with Crippen LogP contribution in [0, 0.1) is 20.8 Å². The minimum Gasteiger partial charge on any atom is -0.452 e. The van der Waals surface area contributed by atoms with Gasteiger partial charge < -0.3 is 14.6 Å². The molecule has 0 saturated carbocycles. The lowest BCUT2D eigenvalue weighted by Crippen LogP contribution is -2.26. The number of hydrogen-bond acceptors (Lipinski definition) is 4. The maximum absolute atomic E-state index is 12.9. The zero-order valence-corrected chi connectivity index (χ0v) is 19.5. The first-order chi connectivity index (χ1) is 16.3. The standard InChI is InChI=1S/C26H26N4O4/c1-17-15-22(18(2)29(17)20-11-7-5-8-12-20)26(33)34-16-23(31)27-24-19(3)28(4)30(25(24)32)21-13-9-6-10-14-21/h5-15H,16H2,1-4H3,(H,27,31). The average molecular weight is 459 g/mol. The predicted molar refractivity (Wildman–Crippen MR) is 130 cm³/mol. The third-order valence-corrected chi connectivity index (χ3v) is 5.82. The van der Waals surface area contributed by atoms with E-state index in [2.05, 4.69) is 5.32 Å². The van der Waals surface area contributed by atoms with E-state index >= 15 is 0 Å². The maximum atomic E-state index is 12.9. The number of esters is 1. The summed E-state index contributed by atoms with van der Waals surface area (Å²) in [5.41, 5.74) is 3.96. The SMILES string of the molecule is Cc1cc(C(=O)OCC(=O)Nc2c(C)n(C)n(-c3ccccc3)c2=O)c(C)n1-c1ccccc1. The van der Waals surface area contributed by atoms with Crippen LogP contribution < -0.4 is 10.9 Å². The van der Waals surface area contributed by atoms with E-state index in [-0.39, 0.29) is 11.2 Å². The number of nitrogens with one attached hydrogen (secondary N) is 1. The largest absolute Gasteiger partial charge is 0.452 e. The van der Waals surface area contributed by atoms with Crippen molar-refractivity contribution in [2.45, 2.75) is 20.8 Å². The number of aromatic nitrogens is 3. The summed E-state index contributed by atoms with van der Waals surface area (Å²) in [6.07, 6.45) is 0. The normalized spacial score (nSPS) is 10.8. The molecule has 1 amide bonds. The summed E-state index contributed by atoms with van der Waals surface area (Å²) in [7, 11) is 1.74. The number of aryl methyl sites for hydroxylation is 1. The van der Waals surface area contributed by atoms with Crippen molar-refractivity contribution < 1.29 is 14.3 Å². The fraction of sp³-hybridized carbons (Fsp3) is 0.192. The molecular formula is C26H26N4O4. The van der Waals surface area contributed by atoms with E-state index in [9.17, 15) is 14.4 Å². The fourth-order valence-electron chi connectivity index (χ4n) is 4.04. The van der Waals surface area contributed by atoms with Crippen LogP contribution in [0.4, 0.5) is 5.69 Å². The molecule has 4 rings (SSSR count). The molecule has 8 heteroatoms. The second-order valence-electron chi connectivity index (χ2n) is 8.02. The number of nitrogens with zero attached hydrogens (tertiary/aromatic N) is 3. The lowest BCUT2D eigenvalue weighted by Gasteiger charge is -2.10. The molecule has 0 bridgehead atoms. The van der Waals surface area contributed by atoms with Gasteiger partial charge in [-0.05, 0) is 51.1 Å². The van der Waals surface area contributed by atoms with Gasteiger partial charge in [0.1, 0.15) is 5.69 Å². The summed E-state index contributed by atoms with van der Waals surface area (Å²) >= 11 is 0. The van der Waals surface area contributed by atoms with Crippen LogP contribution in [-0.4, -0.2) is 32.4 Å². The summed E-state index contributed by atoms with van der Waals surface area (Å²) in [5.74, 6) is -1.19. The number of anilines is 1. The van der Waals surface area contributed by atoms with Crippen LogP contribution in [0.15, 0.2) is 71.5 Å². The van der Waals surface area contributed by atoms with Crippen LogP contribution in [0.5, 0.6) is 0 Å². The number of rotatable bonds is 6. The molecule has 8 nitrogen and oxygen atoms in total. The van der Waals surface area contributed by atoms with E-state index in [1.54, 1.807) is 36.9 Å². The van der Waals surface area contributed by atoms with Crippen LogP contribution in [0.2, 0.25) is 0 Å². The number of para-hydroxylation sites is 2. The molecule has 2 heterocycles. The van der Waals surface area contributed by atoms with Gasteiger partial charge >= 0.3 is 5.97 Å². The molecule has 2 aromatic heterocycles. The monoisotopic (exact) mass is 458 g/mol. The van der Waals surface area contributed by atoms with Gasteiger partial charge in [-0.15, -0.1) is 0 Å². The van der Waals surface area contributed by atoms with E-state index in [0.717, 1.165) is 17.1 Å². The minimum absolute atomic E-state index is 0.148. The maximum Gasteiger partial charge on any atom is 0.340 e. The van der Waals surface area contributed by atoms with Crippen molar-refractivity contribution in [3.8, 4) is 11.4 Å². The second kappa shape index (κ2) is 9.27. The zero-order valence-electron chi connectivity index (χ0n) is 19.5. The molecule has 1 N–H and O–H groups in total. The first kappa shape index (κ1) is 22.8. The van der Waals surface area contributed by atoms with Gasteiger partial charge in [-0.2, -0.15) is 0 Å². The molecule has 0 aliphatic carbocycles. The third kappa shape index (κ3) is 4.17. The van der Waals surface area contributed by atoms with Gasteiger partial charge in [-0.3, -0.25) is 14.3 Å². The smallest absolute Gasteiger partial charge is 0.340 e. The van der Waals surface area contributed by atoms with Gasteiger partial charge in [-0.1, -0.05) is 36.4 Å². The summed E-state index contributed by atoms with van der Waals surface area (Å²) < 4.78 is 10.4. The van der Waals surface area contributed by atoms with Crippen molar-refractivity contribution in [2.75, 3.05) is 11.9 Å². The predicted octanol–water partition coefficient (Wildman–Crippen LogP) is 3.69. The molecule has 2 aromatic carbocycles. The van der Waals surface area contributed by atoms with E-state index in [1.807, 2.05) is 66.9 Å². The van der Waals surface area contributed by atoms with Gasteiger partial charge in [0, 0.05) is 24.1 Å². The second-order valence-corrected chi connectivity index (χ2v) is 8.02. The van der Waals surface area contributed by atoms with E-state index < -0.39 is 18.5 Å². The lowest BCUT2D eigenvalue weighted by atomic mass is 10.2. The molecule has 0 atom stereocenters. The Balaban J connectivity index is 1.48. The van der Waals surface area contributed by atoms with Crippen LogP contribution in [0.1, 0.15) is 27.4 Å². The highest BCUT2D eigenvalue weighted by Crippen LogP contribution is 2.21. The molecule has 0 fully saturated rings. The highest BCUT2D eigenvalue weighted by atomic mass is 16.5. The van der Waals surface area contributed by atoms with Crippen LogP contribution in [0.3, 0.4) is 0 Å². The number of amides is 1. The van der Waals surface area contributed by atoms with E-state index in [1.165, 1.54) is 4.68 Å². The molecule has 0 radical (unpaired) electrons. The van der Waals surface area contributed by atoms with Crippen molar-refractivity contribution in [1.29, 1.82) is 0 Å². The Morgan fingerprint density at radius 3 is 2.09 bits per heavy atom. The van der Waals surface area contributed by atoms with E-state index in [0.29, 0.717) is 16.9 Å². The Bertz CT molecular complexity index is 1410. The van der Waals surface area contributed by atoms with Gasteiger partial charge in [0.25, 0.3) is 11.5 Å². The Kier molecular flexibility index (Phi) is 6.23. The number of benzene rings is 2. The lowest BCUT2D eigenvalue weighted by molar-refractivity contribution is -0.119. The number of carbonyl (C=O) groups is 2. The summed E-state index contributed by atoms with van der Waals surface area (Å²) in [4.78, 5) is 38.2. The number of carbonyl (C=O) groups excluding carboxylic acids is 2. The molecule has 0 unspecified atom stereocenters. The number of ether oxygens (including phenoxy) is 1. The first-order valence-electron chi connectivity index (χ1n) is 10.8. The third-order valence-electron chi connectivity index (χ3n) is 5.82. The van der Waals surface area contributed by atoms with Crippen molar-refractivity contribution in [3.63, 3.8) is 0 Å². The molecular weight excluding hydrogens is 432 g/mol. The molecule has 4 aromatic rings. The molecule has 0 aliphatic rings. The van der Waals surface area contributed by atoms with Crippen LogP contribution in [0.25, 0.3) is 11.4 Å². The number of hydrogen-bond donors (Lipinski definition) is 1. The Morgan fingerprint density at radius 2 is 1.47 bits per heavy atom. The molecule has 0 aliphatic heterocycles. The molecule has 0 spiro atoms. The zero-order chi connectivity index (χ0) is 24.4. The van der Waals surface area contributed by atoms with Crippen LogP contribution in [-0.2, 0) is 16.6 Å². The Labute approximate surface area is 197 Å². The minimum atomic E-state index is -0.600. The fourth-order valence-corrected chi connectivity index (χ4v) is 4.04. The van der Waals surface area contributed by atoms with Crippen LogP contribution >= 0.6 is 0 Å². The topological polar surface area (TPSA) is 87.3 Å². The first-order valence-corrected chi connectivity index (χ1v) is 10.8.